The topological polar surface area (TPSA) is 21.3 Å². The summed E-state index contributed by atoms with van der Waals surface area (Å²) in [5.74, 6) is 0. The van der Waals surface area contributed by atoms with Crippen LogP contribution < -0.4 is 5.32 Å². The molecule has 90 valence electrons. The van der Waals surface area contributed by atoms with Crippen molar-refractivity contribution in [2.45, 2.75) is 32.4 Å². The van der Waals surface area contributed by atoms with Crippen molar-refractivity contribution in [1.82, 2.24) is 5.32 Å². The van der Waals surface area contributed by atoms with E-state index in [9.17, 15) is 0 Å². The van der Waals surface area contributed by atoms with Gasteiger partial charge in [0, 0.05) is 12.1 Å². The summed E-state index contributed by atoms with van der Waals surface area (Å²) in [5, 5.41) is 4.19. The summed E-state index contributed by atoms with van der Waals surface area (Å²) >= 11 is 6.01. The largest absolute Gasteiger partial charge is 0.377 e. The molecule has 1 atom stereocenters. The van der Waals surface area contributed by atoms with Crippen LogP contribution in [0.4, 0.5) is 0 Å². The predicted octanol–water partition coefficient (Wildman–Crippen LogP) is 3.42. The summed E-state index contributed by atoms with van der Waals surface area (Å²) in [7, 11) is 1.73. The molecule has 1 aromatic carbocycles. The van der Waals surface area contributed by atoms with Crippen molar-refractivity contribution in [1.29, 1.82) is 0 Å². The summed E-state index contributed by atoms with van der Waals surface area (Å²) in [6.45, 7) is 7.12. The van der Waals surface area contributed by atoms with Crippen LogP contribution in [-0.4, -0.2) is 19.3 Å². The number of nitrogens with one attached hydrogen (secondary N) is 1. The molecule has 0 fully saturated rings. The second-order valence-electron chi connectivity index (χ2n) is 4.35. The van der Waals surface area contributed by atoms with E-state index >= 15 is 0 Å². The monoisotopic (exact) mass is 241 g/mol. The van der Waals surface area contributed by atoms with E-state index in [0.29, 0.717) is 0 Å². The lowest BCUT2D eigenvalue weighted by molar-refractivity contribution is -0.0106. The molecule has 0 aromatic heterocycles. The van der Waals surface area contributed by atoms with Crippen molar-refractivity contribution >= 4 is 11.6 Å². The number of ether oxygens (including phenoxy) is 1. The first-order chi connectivity index (χ1) is 7.51. The van der Waals surface area contributed by atoms with Crippen molar-refractivity contribution in [3.63, 3.8) is 0 Å². The Morgan fingerprint density at radius 3 is 2.62 bits per heavy atom. The fourth-order valence-electron chi connectivity index (χ4n) is 1.77. The molecule has 16 heavy (non-hydrogen) atoms. The molecule has 0 spiro atoms. The van der Waals surface area contributed by atoms with Gasteiger partial charge < -0.3 is 10.1 Å². The van der Waals surface area contributed by atoms with E-state index in [1.807, 2.05) is 18.2 Å². The molecular formula is C13H20ClNO. The Bertz CT molecular complexity index is 338. The third-order valence-corrected chi connectivity index (χ3v) is 3.05. The smallest absolute Gasteiger partial charge is 0.0816 e. The van der Waals surface area contributed by atoms with Gasteiger partial charge in [0.15, 0.2) is 0 Å². The Morgan fingerprint density at radius 1 is 1.44 bits per heavy atom. The zero-order valence-corrected chi connectivity index (χ0v) is 11.1. The first kappa shape index (κ1) is 13.5. The lowest BCUT2D eigenvalue weighted by Gasteiger charge is -2.34. The zero-order valence-electron chi connectivity index (χ0n) is 10.4. The first-order valence-electron chi connectivity index (χ1n) is 5.55. The van der Waals surface area contributed by atoms with Crippen LogP contribution in [0.5, 0.6) is 0 Å². The summed E-state index contributed by atoms with van der Waals surface area (Å²) in [6.07, 6.45) is 0. The maximum Gasteiger partial charge on any atom is 0.0816 e. The number of rotatable bonds is 5. The van der Waals surface area contributed by atoms with E-state index in [1.165, 1.54) is 0 Å². The minimum atomic E-state index is -0.263. The molecule has 2 nitrogen and oxygen atoms in total. The van der Waals surface area contributed by atoms with Crippen molar-refractivity contribution in [2.24, 2.45) is 0 Å². The Labute approximate surface area is 103 Å². The van der Waals surface area contributed by atoms with Gasteiger partial charge in [-0.3, -0.25) is 0 Å². The van der Waals surface area contributed by atoms with E-state index in [4.69, 9.17) is 16.3 Å². The van der Waals surface area contributed by atoms with Gasteiger partial charge in [0.1, 0.15) is 0 Å². The van der Waals surface area contributed by atoms with E-state index < -0.39 is 0 Å². The van der Waals surface area contributed by atoms with Gasteiger partial charge in [-0.25, -0.2) is 0 Å². The third-order valence-electron chi connectivity index (χ3n) is 2.81. The molecule has 0 saturated carbocycles. The molecule has 0 saturated heterocycles. The van der Waals surface area contributed by atoms with E-state index in [0.717, 1.165) is 17.1 Å². The molecule has 0 amide bonds. The van der Waals surface area contributed by atoms with Crippen LogP contribution in [0, 0.1) is 0 Å². The van der Waals surface area contributed by atoms with Crippen molar-refractivity contribution < 1.29 is 4.74 Å². The van der Waals surface area contributed by atoms with Gasteiger partial charge in [-0.2, -0.15) is 0 Å². The van der Waals surface area contributed by atoms with Gasteiger partial charge in [0.25, 0.3) is 0 Å². The van der Waals surface area contributed by atoms with Crippen LogP contribution in [0.1, 0.15) is 32.4 Å². The summed E-state index contributed by atoms with van der Waals surface area (Å²) in [6, 6.07) is 8.04. The quantitative estimate of drug-likeness (QED) is 0.853. The van der Waals surface area contributed by atoms with Crippen molar-refractivity contribution in [3.05, 3.63) is 34.9 Å². The van der Waals surface area contributed by atoms with Crippen LogP contribution in [0.25, 0.3) is 0 Å². The molecule has 0 aliphatic heterocycles. The van der Waals surface area contributed by atoms with E-state index in [-0.39, 0.29) is 11.6 Å². The van der Waals surface area contributed by atoms with Crippen LogP contribution in [0.3, 0.4) is 0 Å². The molecule has 1 aromatic rings. The maximum absolute atomic E-state index is 6.01. The molecule has 1 rings (SSSR count). The van der Waals surface area contributed by atoms with Gasteiger partial charge in [-0.15, -0.1) is 0 Å². The SMILES string of the molecule is CCNC(c1cccc(Cl)c1)C(C)(C)OC. The molecule has 3 heteroatoms. The van der Waals surface area contributed by atoms with Crippen LogP contribution in [0.2, 0.25) is 5.02 Å². The number of benzene rings is 1. The second-order valence-corrected chi connectivity index (χ2v) is 4.79. The molecule has 0 heterocycles. The molecule has 0 radical (unpaired) electrons. The lowest BCUT2D eigenvalue weighted by atomic mass is 9.91. The van der Waals surface area contributed by atoms with E-state index in [2.05, 4.69) is 32.2 Å². The highest BCUT2D eigenvalue weighted by atomic mass is 35.5. The number of hydrogen-bond donors (Lipinski definition) is 1. The fraction of sp³-hybridized carbons (Fsp3) is 0.538. The number of methoxy groups -OCH3 is 1. The highest BCUT2D eigenvalue weighted by molar-refractivity contribution is 6.30. The van der Waals surface area contributed by atoms with Crippen LogP contribution in [-0.2, 0) is 4.74 Å². The zero-order chi connectivity index (χ0) is 12.2. The Kier molecular flexibility index (Phi) is 4.78. The van der Waals surface area contributed by atoms with Gasteiger partial charge >= 0.3 is 0 Å². The Morgan fingerprint density at radius 2 is 2.12 bits per heavy atom. The number of halogens is 1. The number of hydrogen-bond acceptors (Lipinski definition) is 2. The van der Waals surface area contributed by atoms with Crippen LogP contribution in [0.15, 0.2) is 24.3 Å². The summed E-state index contributed by atoms with van der Waals surface area (Å²) in [4.78, 5) is 0. The average molecular weight is 242 g/mol. The average Bonchev–Trinajstić information content (AvgIpc) is 2.25. The fourth-order valence-corrected chi connectivity index (χ4v) is 1.97. The minimum Gasteiger partial charge on any atom is -0.377 e. The lowest BCUT2D eigenvalue weighted by Crippen LogP contribution is -2.40. The summed E-state index contributed by atoms with van der Waals surface area (Å²) < 4.78 is 5.54. The molecule has 0 aliphatic carbocycles. The van der Waals surface area contributed by atoms with Gasteiger partial charge in [0.05, 0.1) is 11.6 Å². The van der Waals surface area contributed by atoms with Gasteiger partial charge in [-0.05, 0) is 38.1 Å². The van der Waals surface area contributed by atoms with Crippen LogP contribution >= 0.6 is 11.6 Å². The molecule has 0 bridgehead atoms. The first-order valence-corrected chi connectivity index (χ1v) is 5.93. The van der Waals surface area contributed by atoms with Gasteiger partial charge in [0.2, 0.25) is 0 Å². The second kappa shape index (κ2) is 5.67. The normalized spacial score (nSPS) is 13.8. The Balaban J connectivity index is 3.02. The summed E-state index contributed by atoms with van der Waals surface area (Å²) in [5.41, 5.74) is 0.891. The highest BCUT2D eigenvalue weighted by Crippen LogP contribution is 2.29. The van der Waals surface area contributed by atoms with Crippen molar-refractivity contribution in [2.75, 3.05) is 13.7 Å². The molecule has 1 N–H and O–H groups in total. The Hall–Kier alpha value is -0.570. The van der Waals surface area contributed by atoms with E-state index in [1.54, 1.807) is 7.11 Å². The highest BCUT2D eigenvalue weighted by Gasteiger charge is 2.29. The van der Waals surface area contributed by atoms with Crippen molar-refractivity contribution in [3.8, 4) is 0 Å². The predicted molar refractivity (Wildman–Crippen MR) is 69.0 cm³/mol. The third kappa shape index (κ3) is 3.21. The van der Waals surface area contributed by atoms with Gasteiger partial charge in [-0.1, -0.05) is 30.7 Å². The maximum atomic E-state index is 6.01. The molecule has 0 aliphatic rings. The molecule has 1 unspecified atom stereocenters. The molecular weight excluding hydrogens is 222 g/mol. The minimum absolute atomic E-state index is 0.140. The standard InChI is InChI=1S/C13H20ClNO/c1-5-15-12(13(2,3)16-4)10-7-6-8-11(14)9-10/h6-9,12,15H,5H2,1-4H3. The number of likely N-dealkylation sites (N-methyl/N-ethyl adjacent to an activating group) is 1.